The van der Waals surface area contributed by atoms with Crippen molar-refractivity contribution in [3.63, 3.8) is 0 Å². The monoisotopic (exact) mass is 276 g/mol. The maximum atomic E-state index is 9.68. The lowest BCUT2D eigenvalue weighted by Gasteiger charge is -2.12. The number of hydrogen-bond donors (Lipinski definition) is 1. The highest BCUT2D eigenvalue weighted by atomic mass is 16.5. The molecule has 5 heteroatoms. The maximum absolute atomic E-state index is 9.68. The van der Waals surface area contributed by atoms with Gasteiger partial charge in [0.2, 0.25) is 5.89 Å². The standard InChI is InChI=1S/C15H20N2O3/c1-4-13(10(2)18)15-16-14(17-20-15)9-11-5-7-12(19-3)8-6-11/h5-8,10,13,18H,4,9H2,1-3H3. The van der Waals surface area contributed by atoms with Crippen molar-refractivity contribution in [3.05, 3.63) is 41.5 Å². The van der Waals surface area contributed by atoms with E-state index < -0.39 is 6.10 Å². The Labute approximate surface area is 118 Å². The Morgan fingerprint density at radius 3 is 2.55 bits per heavy atom. The van der Waals surface area contributed by atoms with Crippen LogP contribution in [0.5, 0.6) is 5.75 Å². The molecule has 1 heterocycles. The molecule has 2 atom stereocenters. The minimum Gasteiger partial charge on any atom is -0.497 e. The molecular formula is C15H20N2O3. The molecule has 0 aliphatic rings. The number of rotatable bonds is 6. The van der Waals surface area contributed by atoms with Gasteiger partial charge < -0.3 is 14.4 Å². The lowest BCUT2D eigenvalue weighted by atomic mass is 10.0. The van der Waals surface area contributed by atoms with Gasteiger partial charge in [-0.3, -0.25) is 0 Å². The number of aliphatic hydroxyl groups excluding tert-OH is 1. The van der Waals surface area contributed by atoms with Crippen LogP contribution < -0.4 is 4.74 Å². The molecule has 1 aromatic carbocycles. The van der Waals surface area contributed by atoms with Gasteiger partial charge in [0.05, 0.1) is 19.1 Å². The van der Waals surface area contributed by atoms with E-state index in [1.807, 2.05) is 31.2 Å². The number of benzene rings is 1. The van der Waals surface area contributed by atoms with E-state index >= 15 is 0 Å². The molecule has 0 radical (unpaired) electrons. The van der Waals surface area contributed by atoms with Crippen LogP contribution in [0.2, 0.25) is 0 Å². The van der Waals surface area contributed by atoms with E-state index in [0.29, 0.717) is 18.1 Å². The summed E-state index contributed by atoms with van der Waals surface area (Å²) in [6, 6.07) is 7.75. The highest BCUT2D eigenvalue weighted by Crippen LogP contribution is 2.22. The summed E-state index contributed by atoms with van der Waals surface area (Å²) in [5.41, 5.74) is 1.09. The Morgan fingerprint density at radius 2 is 2.00 bits per heavy atom. The van der Waals surface area contributed by atoms with E-state index in [0.717, 1.165) is 17.7 Å². The van der Waals surface area contributed by atoms with Crippen molar-refractivity contribution in [1.29, 1.82) is 0 Å². The molecule has 0 bridgehead atoms. The zero-order valence-electron chi connectivity index (χ0n) is 12.0. The number of ether oxygens (including phenoxy) is 1. The predicted molar refractivity (Wildman–Crippen MR) is 74.8 cm³/mol. The summed E-state index contributed by atoms with van der Waals surface area (Å²) < 4.78 is 10.4. The van der Waals surface area contributed by atoms with Crippen molar-refractivity contribution in [2.75, 3.05) is 7.11 Å². The molecule has 2 unspecified atom stereocenters. The van der Waals surface area contributed by atoms with Crippen molar-refractivity contribution < 1.29 is 14.4 Å². The molecular weight excluding hydrogens is 256 g/mol. The summed E-state index contributed by atoms with van der Waals surface area (Å²) in [6.45, 7) is 3.73. The second kappa shape index (κ2) is 6.52. The van der Waals surface area contributed by atoms with Crippen molar-refractivity contribution in [2.24, 2.45) is 0 Å². The zero-order chi connectivity index (χ0) is 14.5. The summed E-state index contributed by atoms with van der Waals surface area (Å²) in [7, 11) is 1.64. The molecule has 108 valence electrons. The Kier molecular flexibility index (Phi) is 4.74. The summed E-state index contributed by atoms with van der Waals surface area (Å²) in [5, 5.41) is 13.7. The molecule has 1 aromatic heterocycles. The van der Waals surface area contributed by atoms with Crippen molar-refractivity contribution in [3.8, 4) is 5.75 Å². The zero-order valence-corrected chi connectivity index (χ0v) is 12.0. The fraction of sp³-hybridized carbons (Fsp3) is 0.467. The fourth-order valence-corrected chi connectivity index (χ4v) is 2.14. The molecule has 0 aliphatic heterocycles. The summed E-state index contributed by atoms with van der Waals surface area (Å²) in [6.07, 6.45) is 0.875. The van der Waals surface area contributed by atoms with Gasteiger partial charge in [-0.1, -0.05) is 24.2 Å². The first-order valence-electron chi connectivity index (χ1n) is 6.77. The number of aliphatic hydroxyl groups is 1. The highest BCUT2D eigenvalue weighted by molar-refractivity contribution is 5.28. The smallest absolute Gasteiger partial charge is 0.232 e. The lowest BCUT2D eigenvalue weighted by molar-refractivity contribution is 0.141. The highest BCUT2D eigenvalue weighted by Gasteiger charge is 2.22. The van der Waals surface area contributed by atoms with Gasteiger partial charge in [-0.25, -0.2) is 0 Å². The van der Waals surface area contributed by atoms with E-state index in [-0.39, 0.29) is 5.92 Å². The molecule has 5 nitrogen and oxygen atoms in total. The number of hydrogen-bond acceptors (Lipinski definition) is 5. The fourth-order valence-electron chi connectivity index (χ4n) is 2.14. The first-order valence-corrected chi connectivity index (χ1v) is 6.77. The molecule has 2 rings (SSSR count). The second-order valence-electron chi connectivity index (χ2n) is 4.83. The Hall–Kier alpha value is -1.88. The summed E-state index contributed by atoms with van der Waals surface area (Å²) in [4.78, 5) is 4.37. The van der Waals surface area contributed by atoms with Crippen molar-refractivity contribution in [1.82, 2.24) is 10.1 Å². The van der Waals surface area contributed by atoms with E-state index in [1.54, 1.807) is 14.0 Å². The van der Waals surface area contributed by atoms with Crippen LogP contribution in [0.1, 0.15) is 43.5 Å². The van der Waals surface area contributed by atoms with Crippen LogP contribution >= 0.6 is 0 Å². The molecule has 2 aromatic rings. The quantitative estimate of drug-likeness (QED) is 0.878. The number of methoxy groups -OCH3 is 1. The van der Waals surface area contributed by atoms with Gasteiger partial charge >= 0.3 is 0 Å². The van der Waals surface area contributed by atoms with E-state index in [1.165, 1.54) is 0 Å². The predicted octanol–water partition coefficient (Wildman–Crippen LogP) is 2.54. The van der Waals surface area contributed by atoms with Crippen LogP contribution in [0.15, 0.2) is 28.8 Å². The van der Waals surface area contributed by atoms with E-state index in [4.69, 9.17) is 9.26 Å². The molecule has 0 amide bonds. The van der Waals surface area contributed by atoms with Crippen LogP contribution in [-0.2, 0) is 6.42 Å². The number of nitrogens with zero attached hydrogens (tertiary/aromatic N) is 2. The third kappa shape index (κ3) is 3.36. The first-order chi connectivity index (χ1) is 9.63. The van der Waals surface area contributed by atoms with Crippen LogP contribution in [0.25, 0.3) is 0 Å². The Balaban J connectivity index is 2.08. The largest absolute Gasteiger partial charge is 0.497 e. The molecule has 0 spiro atoms. The molecule has 0 aliphatic carbocycles. The van der Waals surface area contributed by atoms with Crippen LogP contribution in [0.3, 0.4) is 0 Å². The topological polar surface area (TPSA) is 68.4 Å². The molecule has 0 fully saturated rings. The van der Waals surface area contributed by atoms with Gasteiger partial charge in [0.15, 0.2) is 5.82 Å². The van der Waals surface area contributed by atoms with E-state index in [9.17, 15) is 5.11 Å². The van der Waals surface area contributed by atoms with Crippen LogP contribution in [0.4, 0.5) is 0 Å². The van der Waals surface area contributed by atoms with Gasteiger partial charge in [0.25, 0.3) is 0 Å². The third-order valence-electron chi connectivity index (χ3n) is 3.34. The molecule has 0 saturated heterocycles. The second-order valence-corrected chi connectivity index (χ2v) is 4.83. The number of aromatic nitrogens is 2. The Morgan fingerprint density at radius 1 is 1.30 bits per heavy atom. The molecule has 0 saturated carbocycles. The van der Waals surface area contributed by atoms with Gasteiger partial charge in [-0.2, -0.15) is 4.98 Å². The van der Waals surface area contributed by atoms with Crippen molar-refractivity contribution in [2.45, 2.75) is 38.7 Å². The van der Waals surface area contributed by atoms with Gasteiger partial charge in [-0.05, 0) is 31.0 Å². The van der Waals surface area contributed by atoms with Crippen LogP contribution in [-0.4, -0.2) is 28.5 Å². The Bertz CT molecular complexity index is 534. The summed E-state index contributed by atoms with van der Waals surface area (Å²) >= 11 is 0. The third-order valence-corrected chi connectivity index (χ3v) is 3.34. The average molecular weight is 276 g/mol. The minimum atomic E-state index is -0.491. The normalized spacial score (nSPS) is 14.0. The minimum absolute atomic E-state index is 0.105. The maximum Gasteiger partial charge on any atom is 0.232 e. The average Bonchev–Trinajstić information content (AvgIpc) is 2.88. The lowest BCUT2D eigenvalue weighted by Crippen LogP contribution is -2.14. The SMILES string of the molecule is CCC(c1nc(Cc2ccc(OC)cc2)no1)C(C)O. The van der Waals surface area contributed by atoms with Gasteiger partial charge in [0.1, 0.15) is 5.75 Å². The van der Waals surface area contributed by atoms with Gasteiger partial charge in [0, 0.05) is 6.42 Å². The summed E-state index contributed by atoms with van der Waals surface area (Å²) in [5.74, 6) is 1.85. The van der Waals surface area contributed by atoms with E-state index in [2.05, 4.69) is 10.1 Å². The van der Waals surface area contributed by atoms with Crippen molar-refractivity contribution >= 4 is 0 Å². The molecule has 1 N–H and O–H groups in total. The first kappa shape index (κ1) is 14.5. The van der Waals surface area contributed by atoms with Crippen LogP contribution in [0, 0.1) is 0 Å². The van der Waals surface area contributed by atoms with Gasteiger partial charge in [-0.15, -0.1) is 0 Å². The molecule has 20 heavy (non-hydrogen) atoms.